The van der Waals surface area contributed by atoms with Crippen molar-refractivity contribution in [1.29, 1.82) is 0 Å². The largest absolute Gasteiger partial charge is 0.309 e. The topological polar surface area (TPSA) is 9.86 Å². The minimum absolute atomic E-state index is 1.16. The van der Waals surface area contributed by atoms with Gasteiger partial charge >= 0.3 is 0 Å². The van der Waals surface area contributed by atoms with E-state index in [0.717, 1.165) is 11.4 Å². The molecule has 0 fully saturated rings. The molecule has 0 atom stereocenters. The summed E-state index contributed by atoms with van der Waals surface area (Å²) in [6, 6.07) is 75.2. The molecule has 9 aromatic carbocycles. The average Bonchev–Trinajstić information content (AvgIpc) is 3.77. The zero-order valence-corrected chi connectivity index (χ0v) is 29.5. The van der Waals surface area contributed by atoms with E-state index in [2.05, 4.69) is 215 Å². The van der Waals surface area contributed by atoms with Gasteiger partial charge in [-0.1, -0.05) is 152 Å². The van der Waals surface area contributed by atoms with Crippen molar-refractivity contribution in [3.63, 3.8) is 0 Å². The van der Waals surface area contributed by atoms with E-state index in [-0.39, 0.29) is 0 Å². The highest BCUT2D eigenvalue weighted by Gasteiger charge is 2.16. The highest BCUT2D eigenvalue weighted by molar-refractivity contribution is 6.10. The van der Waals surface area contributed by atoms with Crippen LogP contribution in [-0.2, 0) is 0 Å². The Kier molecular flexibility index (Phi) is 6.90. The number of benzene rings is 9. The smallest absolute Gasteiger partial charge is 0.0541 e. The fourth-order valence-electron chi connectivity index (χ4n) is 8.65. The minimum Gasteiger partial charge on any atom is -0.309 e. The summed E-state index contributed by atoms with van der Waals surface area (Å²) in [5.74, 6) is 0. The molecule has 0 unspecified atom stereocenters. The Morgan fingerprint density at radius 1 is 0.241 bits per heavy atom. The third-order valence-electron chi connectivity index (χ3n) is 11.2. The average molecular weight is 687 g/mol. The number of rotatable bonds is 5. The van der Waals surface area contributed by atoms with E-state index in [1.807, 2.05) is 0 Å². The Hall–Kier alpha value is -7.16. The molecule has 0 saturated heterocycles. The maximum atomic E-state index is 2.38. The maximum Gasteiger partial charge on any atom is 0.0541 e. The normalized spacial score (nSPS) is 11.7. The predicted octanol–water partition coefficient (Wildman–Crippen LogP) is 14.0. The van der Waals surface area contributed by atoms with E-state index in [1.165, 1.54) is 87.8 Å². The molecule has 2 nitrogen and oxygen atoms in total. The number of para-hydroxylation sites is 4. The molecular weight excluding hydrogens is 653 g/mol. The lowest BCUT2D eigenvalue weighted by Crippen LogP contribution is -1.95. The lowest BCUT2D eigenvalue weighted by molar-refractivity contribution is 1.18. The van der Waals surface area contributed by atoms with Gasteiger partial charge in [0.2, 0.25) is 0 Å². The number of aromatic nitrogens is 2. The van der Waals surface area contributed by atoms with E-state index in [4.69, 9.17) is 0 Å². The van der Waals surface area contributed by atoms with Gasteiger partial charge in [-0.2, -0.15) is 0 Å². The fourth-order valence-corrected chi connectivity index (χ4v) is 8.65. The van der Waals surface area contributed by atoms with Crippen LogP contribution in [0.1, 0.15) is 0 Å². The van der Waals surface area contributed by atoms with Crippen molar-refractivity contribution in [3.05, 3.63) is 206 Å². The third-order valence-corrected chi connectivity index (χ3v) is 11.2. The molecule has 11 aromatic rings. The quantitative estimate of drug-likeness (QED) is 0.171. The highest BCUT2D eigenvalue weighted by atomic mass is 15.0. The molecule has 0 aliphatic carbocycles. The predicted molar refractivity (Wildman–Crippen MR) is 229 cm³/mol. The van der Waals surface area contributed by atoms with E-state index in [9.17, 15) is 0 Å². The van der Waals surface area contributed by atoms with E-state index >= 15 is 0 Å². The summed E-state index contributed by atoms with van der Waals surface area (Å²) >= 11 is 0. The Morgan fingerprint density at radius 3 is 1.17 bits per heavy atom. The molecule has 2 heteroatoms. The molecule has 0 saturated carbocycles. The molecule has 2 aromatic heterocycles. The van der Waals surface area contributed by atoms with Gasteiger partial charge in [-0.3, -0.25) is 0 Å². The molecule has 0 aliphatic heterocycles. The first-order chi connectivity index (χ1) is 26.8. The van der Waals surface area contributed by atoms with Gasteiger partial charge in [0.05, 0.1) is 22.1 Å². The van der Waals surface area contributed by atoms with Crippen LogP contribution in [0.5, 0.6) is 0 Å². The second-order valence-electron chi connectivity index (χ2n) is 14.1. The SMILES string of the molecule is c1ccc2c(-c3cc(-c4ccc(-n5c6ccccc6c6ccccc65)cc4)ccc3-c3ccc(-n4c5ccccc5c5ccccc54)cc3)cccc2c1. The summed E-state index contributed by atoms with van der Waals surface area (Å²) in [5, 5.41) is 7.58. The summed E-state index contributed by atoms with van der Waals surface area (Å²) in [5.41, 5.74) is 14.4. The standard InChI is InChI=1S/C52H34N2/c1-2-14-41-36(12-1)13-11-19-43(41)48-34-38(35-24-29-39(30-25-35)53-49-20-7-3-15-44(49)45-16-4-8-21-50(45)53)28-33-42(48)37-26-31-40(32-27-37)54-51-22-9-5-17-46(51)47-18-6-10-23-52(47)54/h1-34H. The summed E-state index contributed by atoms with van der Waals surface area (Å²) in [6.07, 6.45) is 0. The summed E-state index contributed by atoms with van der Waals surface area (Å²) in [7, 11) is 0. The molecule has 2 heterocycles. The van der Waals surface area contributed by atoms with E-state index in [1.54, 1.807) is 0 Å². The summed E-state index contributed by atoms with van der Waals surface area (Å²) in [6.45, 7) is 0. The molecule has 0 radical (unpaired) electrons. The molecule has 0 N–H and O–H groups in total. The Morgan fingerprint density at radius 2 is 0.648 bits per heavy atom. The van der Waals surface area contributed by atoms with Crippen molar-refractivity contribution in [1.82, 2.24) is 9.13 Å². The molecule has 0 amide bonds. The van der Waals surface area contributed by atoms with Crippen LogP contribution in [0.2, 0.25) is 0 Å². The Balaban J connectivity index is 1.04. The molecule has 252 valence electrons. The third kappa shape index (κ3) is 4.74. The van der Waals surface area contributed by atoms with Crippen LogP contribution in [0.25, 0.3) is 99.1 Å². The van der Waals surface area contributed by atoms with Crippen molar-refractivity contribution in [2.45, 2.75) is 0 Å². The van der Waals surface area contributed by atoms with Gasteiger partial charge < -0.3 is 9.13 Å². The van der Waals surface area contributed by atoms with Crippen LogP contribution in [0.15, 0.2) is 206 Å². The van der Waals surface area contributed by atoms with Gasteiger partial charge in [0.25, 0.3) is 0 Å². The fraction of sp³-hybridized carbons (Fsp3) is 0. The van der Waals surface area contributed by atoms with Crippen LogP contribution in [-0.4, -0.2) is 9.13 Å². The second kappa shape index (κ2) is 12.2. The van der Waals surface area contributed by atoms with Crippen LogP contribution in [0.4, 0.5) is 0 Å². The zero-order chi connectivity index (χ0) is 35.6. The van der Waals surface area contributed by atoms with Crippen molar-refractivity contribution in [2.24, 2.45) is 0 Å². The lowest BCUT2D eigenvalue weighted by Gasteiger charge is -2.16. The first-order valence-electron chi connectivity index (χ1n) is 18.6. The Labute approximate surface area is 313 Å². The molecule has 0 spiro atoms. The van der Waals surface area contributed by atoms with Crippen molar-refractivity contribution in [2.75, 3.05) is 0 Å². The van der Waals surface area contributed by atoms with Gasteiger partial charge in [-0.05, 0) is 98.8 Å². The van der Waals surface area contributed by atoms with Gasteiger partial charge in [0.1, 0.15) is 0 Å². The maximum absolute atomic E-state index is 2.38. The summed E-state index contributed by atoms with van der Waals surface area (Å²) < 4.78 is 4.76. The van der Waals surface area contributed by atoms with E-state index < -0.39 is 0 Å². The number of hydrogen-bond acceptors (Lipinski definition) is 0. The number of hydrogen-bond donors (Lipinski definition) is 0. The van der Waals surface area contributed by atoms with Gasteiger partial charge in [-0.15, -0.1) is 0 Å². The molecule has 0 aliphatic rings. The Bertz CT molecular complexity index is 3080. The van der Waals surface area contributed by atoms with Crippen LogP contribution in [0, 0.1) is 0 Å². The second-order valence-corrected chi connectivity index (χ2v) is 14.1. The van der Waals surface area contributed by atoms with Crippen molar-refractivity contribution in [3.8, 4) is 44.8 Å². The van der Waals surface area contributed by atoms with Crippen molar-refractivity contribution >= 4 is 54.4 Å². The van der Waals surface area contributed by atoms with Gasteiger partial charge in [0.15, 0.2) is 0 Å². The van der Waals surface area contributed by atoms with Crippen LogP contribution >= 0.6 is 0 Å². The molecular formula is C52H34N2. The van der Waals surface area contributed by atoms with Crippen molar-refractivity contribution < 1.29 is 0 Å². The number of fused-ring (bicyclic) bond motifs is 7. The molecule has 54 heavy (non-hydrogen) atoms. The first-order valence-corrected chi connectivity index (χ1v) is 18.6. The monoisotopic (exact) mass is 686 g/mol. The van der Waals surface area contributed by atoms with Crippen LogP contribution in [0.3, 0.4) is 0 Å². The van der Waals surface area contributed by atoms with Gasteiger partial charge in [-0.25, -0.2) is 0 Å². The summed E-state index contributed by atoms with van der Waals surface area (Å²) in [4.78, 5) is 0. The van der Waals surface area contributed by atoms with Crippen LogP contribution < -0.4 is 0 Å². The van der Waals surface area contributed by atoms with Gasteiger partial charge in [0, 0.05) is 32.9 Å². The minimum atomic E-state index is 1.16. The lowest BCUT2D eigenvalue weighted by atomic mass is 9.89. The first kappa shape index (κ1) is 30.5. The van der Waals surface area contributed by atoms with E-state index in [0.29, 0.717) is 0 Å². The zero-order valence-electron chi connectivity index (χ0n) is 29.5. The molecule has 11 rings (SSSR count). The highest BCUT2D eigenvalue weighted by Crippen LogP contribution is 2.40. The molecule has 0 bridgehead atoms. The number of nitrogens with zero attached hydrogens (tertiary/aromatic N) is 2.